The molecule has 0 aliphatic heterocycles. The first kappa shape index (κ1) is 58.1. The van der Waals surface area contributed by atoms with Crippen molar-refractivity contribution in [3.63, 3.8) is 0 Å². The van der Waals surface area contributed by atoms with Crippen molar-refractivity contribution in [2.24, 2.45) is 0 Å². The van der Waals surface area contributed by atoms with Crippen molar-refractivity contribution in [3.8, 4) is 0 Å². The van der Waals surface area contributed by atoms with Gasteiger partial charge in [-0.3, -0.25) is 4.79 Å². The van der Waals surface area contributed by atoms with Crippen LogP contribution in [0.4, 0.5) is 0 Å². The molecule has 0 aromatic carbocycles. The maximum absolute atomic E-state index is 12.4. The SMILES string of the molecule is CCCCCCCCCCCCCCCCCC/C=C\CCCCCCCCCCCCCCCCCCCC(=O)NC(CO)C(O)CCCCCCCCCCCC. The lowest BCUT2D eigenvalue weighted by Crippen LogP contribution is -2.45. The molecule has 0 aliphatic rings. The van der Waals surface area contributed by atoms with Gasteiger partial charge in [-0.05, 0) is 38.5 Å². The predicted octanol–water partition coefficient (Wildman–Crippen LogP) is 17.8. The number of rotatable bonds is 51. The van der Waals surface area contributed by atoms with Crippen molar-refractivity contribution in [1.82, 2.24) is 5.32 Å². The third kappa shape index (κ3) is 48.0. The Hall–Kier alpha value is -0.870. The van der Waals surface area contributed by atoms with Gasteiger partial charge in [0.15, 0.2) is 0 Å². The number of aliphatic hydroxyl groups excluding tert-OH is 2. The minimum Gasteiger partial charge on any atom is -0.394 e. The van der Waals surface area contributed by atoms with Gasteiger partial charge in [0.2, 0.25) is 5.91 Å². The quantitative estimate of drug-likeness (QED) is 0.0422. The molecule has 4 heteroatoms. The number of amides is 1. The highest BCUT2D eigenvalue weighted by atomic mass is 16.3. The van der Waals surface area contributed by atoms with Crippen LogP contribution in [0.1, 0.15) is 316 Å². The van der Waals surface area contributed by atoms with E-state index >= 15 is 0 Å². The largest absolute Gasteiger partial charge is 0.394 e. The van der Waals surface area contributed by atoms with E-state index in [9.17, 15) is 15.0 Å². The third-order valence-corrected chi connectivity index (χ3v) is 13.0. The molecule has 0 aromatic rings. The highest BCUT2D eigenvalue weighted by Crippen LogP contribution is 2.18. The molecule has 0 saturated heterocycles. The van der Waals surface area contributed by atoms with Crippen LogP contribution in [0.5, 0.6) is 0 Å². The minimum atomic E-state index is -0.654. The van der Waals surface area contributed by atoms with Gasteiger partial charge < -0.3 is 15.5 Å². The van der Waals surface area contributed by atoms with Crippen molar-refractivity contribution < 1.29 is 15.0 Å². The van der Waals surface area contributed by atoms with Crippen molar-refractivity contribution in [2.75, 3.05) is 6.61 Å². The Labute approximate surface area is 371 Å². The van der Waals surface area contributed by atoms with Crippen LogP contribution in [0.25, 0.3) is 0 Å². The van der Waals surface area contributed by atoms with Crippen LogP contribution >= 0.6 is 0 Å². The molecule has 3 N–H and O–H groups in total. The number of carbonyl (C=O) groups is 1. The van der Waals surface area contributed by atoms with E-state index in [0.29, 0.717) is 12.8 Å². The monoisotopic (exact) mass is 832 g/mol. The number of unbranched alkanes of at least 4 members (excludes halogenated alkanes) is 42. The first-order chi connectivity index (χ1) is 29.2. The lowest BCUT2D eigenvalue weighted by atomic mass is 10.0. The molecule has 0 bridgehead atoms. The van der Waals surface area contributed by atoms with Gasteiger partial charge in [0.05, 0.1) is 18.8 Å². The zero-order chi connectivity index (χ0) is 42.8. The van der Waals surface area contributed by atoms with Crippen molar-refractivity contribution >= 4 is 5.91 Å². The first-order valence-corrected chi connectivity index (χ1v) is 27.4. The summed E-state index contributed by atoms with van der Waals surface area (Å²) in [6, 6.07) is -0.531. The molecule has 0 fully saturated rings. The second-order valence-electron chi connectivity index (χ2n) is 19.0. The Morgan fingerprint density at radius 2 is 0.644 bits per heavy atom. The van der Waals surface area contributed by atoms with Crippen LogP contribution < -0.4 is 5.32 Å². The van der Waals surface area contributed by atoms with E-state index in [1.54, 1.807) is 0 Å². The number of nitrogens with one attached hydrogen (secondary N) is 1. The van der Waals surface area contributed by atoms with Gasteiger partial charge in [0.25, 0.3) is 0 Å². The molecular weight excluding hydrogens is 723 g/mol. The van der Waals surface area contributed by atoms with Crippen LogP contribution in [0, 0.1) is 0 Å². The number of hydrogen-bond acceptors (Lipinski definition) is 3. The van der Waals surface area contributed by atoms with Gasteiger partial charge in [0.1, 0.15) is 0 Å². The van der Waals surface area contributed by atoms with Crippen LogP contribution in [0.3, 0.4) is 0 Å². The Bertz CT molecular complexity index is 814. The molecule has 59 heavy (non-hydrogen) atoms. The Balaban J connectivity index is 3.33. The standard InChI is InChI=1S/C55H109NO3/c1-3-5-7-9-11-13-15-16-17-18-19-20-21-22-23-24-25-26-27-28-29-30-31-32-33-34-35-36-37-38-39-40-41-43-45-47-49-51-55(59)56-53(52-57)54(58)50-48-46-44-42-14-12-10-8-6-4-2/h26-27,53-54,57-58H,3-25,28-52H2,1-2H3,(H,56,59)/b27-26-. The van der Waals surface area contributed by atoms with E-state index in [2.05, 4.69) is 31.3 Å². The summed E-state index contributed by atoms with van der Waals surface area (Å²) in [6.45, 7) is 4.37. The molecule has 2 atom stereocenters. The van der Waals surface area contributed by atoms with Crippen LogP contribution in [-0.4, -0.2) is 34.9 Å². The summed E-state index contributed by atoms with van der Waals surface area (Å²) < 4.78 is 0. The molecular formula is C55H109NO3. The van der Waals surface area contributed by atoms with E-state index < -0.39 is 12.1 Å². The van der Waals surface area contributed by atoms with Gasteiger partial charge in [-0.2, -0.15) is 0 Å². The minimum absolute atomic E-state index is 0.0276. The molecule has 352 valence electrons. The maximum atomic E-state index is 12.4. The first-order valence-electron chi connectivity index (χ1n) is 27.4. The Kier molecular flexibility index (Phi) is 50.7. The molecule has 0 spiro atoms. The Morgan fingerprint density at radius 1 is 0.390 bits per heavy atom. The lowest BCUT2D eigenvalue weighted by molar-refractivity contribution is -0.123. The average molecular weight is 832 g/mol. The van der Waals surface area contributed by atoms with Crippen LogP contribution in [0.15, 0.2) is 12.2 Å². The summed E-state index contributed by atoms with van der Waals surface area (Å²) in [5, 5.41) is 23.1. The summed E-state index contributed by atoms with van der Waals surface area (Å²) in [5.74, 6) is -0.0276. The zero-order valence-electron chi connectivity index (χ0n) is 40.6. The van der Waals surface area contributed by atoms with E-state index in [4.69, 9.17) is 0 Å². The van der Waals surface area contributed by atoms with Gasteiger partial charge >= 0.3 is 0 Å². The van der Waals surface area contributed by atoms with E-state index in [1.165, 1.54) is 263 Å². The molecule has 2 unspecified atom stereocenters. The van der Waals surface area contributed by atoms with E-state index in [-0.39, 0.29) is 12.5 Å². The highest BCUT2D eigenvalue weighted by Gasteiger charge is 2.20. The highest BCUT2D eigenvalue weighted by molar-refractivity contribution is 5.76. The molecule has 4 nitrogen and oxygen atoms in total. The molecule has 1 amide bonds. The van der Waals surface area contributed by atoms with Crippen molar-refractivity contribution in [2.45, 2.75) is 328 Å². The topological polar surface area (TPSA) is 69.6 Å². The van der Waals surface area contributed by atoms with Crippen LogP contribution in [-0.2, 0) is 4.79 Å². The van der Waals surface area contributed by atoms with Gasteiger partial charge in [-0.1, -0.05) is 283 Å². The second-order valence-corrected chi connectivity index (χ2v) is 19.0. The number of aliphatic hydroxyl groups is 2. The average Bonchev–Trinajstić information content (AvgIpc) is 3.24. The summed E-state index contributed by atoms with van der Waals surface area (Å²) in [6.07, 6.45) is 66.5. The summed E-state index contributed by atoms with van der Waals surface area (Å²) in [7, 11) is 0. The van der Waals surface area contributed by atoms with E-state index in [1.807, 2.05) is 0 Å². The number of allylic oxidation sites excluding steroid dienone is 2. The van der Waals surface area contributed by atoms with Crippen LogP contribution in [0.2, 0.25) is 0 Å². The fraction of sp³-hybridized carbons (Fsp3) is 0.945. The molecule has 0 radical (unpaired) electrons. The molecule has 0 aliphatic carbocycles. The fourth-order valence-electron chi connectivity index (χ4n) is 8.83. The van der Waals surface area contributed by atoms with Gasteiger partial charge in [-0.15, -0.1) is 0 Å². The summed E-state index contributed by atoms with van der Waals surface area (Å²) in [5.41, 5.74) is 0. The predicted molar refractivity (Wildman–Crippen MR) is 263 cm³/mol. The lowest BCUT2D eigenvalue weighted by Gasteiger charge is -2.22. The fourth-order valence-corrected chi connectivity index (χ4v) is 8.83. The summed E-state index contributed by atoms with van der Waals surface area (Å²) >= 11 is 0. The number of hydrogen-bond donors (Lipinski definition) is 3. The molecule has 0 aromatic heterocycles. The Morgan fingerprint density at radius 3 is 0.932 bits per heavy atom. The zero-order valence-corrected chi connectivity index (χ0v) is 40.6. The molecule has 0 rings (SSSR count). The maximum Gasteiger partial charge on any atom is 0.220 e. The molecule has 0 saturated carbocycles. The van der Waals surface area contributed by atoms with Gasteiger partial charge in [0, 0.05) is 6.42 Å². The van der Waals surface area contributed by atoms with Crippen molar-refractivity contribution in [3.05, 3.63) is 12.2 Å². The molecule has 0 heterocycles. The smallest absolute Gasteiger partial charge is 0.220 e. The van der Waals surface area contributed by atoms with Gasteiger partial charge in [-0.25, -0.2) is 0 Å². The van der Waals surface area contributed by atoms with E-state index in [0.717, 1.165) is 25.7 Å². The normalized spacial score (nSPS) is 12.8. The number of carbonyl (C=O) groups excluding carboxylic acids is 1. The second kappa shape index (κ2) is 51.5. The summed E-state index contributed by atoms with van der Waals surface area (Å²) in [4.78, 5) is 12.4. The van der Waals surface area contributed by atoms with Crippen molar-refractivity contribution in [1.29, 1.82) is 0 Å². The third-order valence-electron chi connectivity index (χ3n) is 13.0.